The number of ether oxygens (including phenoxy) is 1. The summed E-state index contributed by atoms with van der Waals surface area (Å²) in [6, 6.07) is 5.14. The number of hydrogen-bond acceptors (Lipinski definition) is 4. The summed E-state index contributed by atoms with van der Waals surface area (Å²) < 4.78 is 11.0. The van der Waals surface area contributed by atoms with E-state index >= 15 is 0 Å². The first-order valence-corrected chi connectivity index (χ1v) is 9.04. The SMILES string of the molecule is CCN(C(=O)COc1nc2ccc(Cl)cc2o1)C1=CC(C)(C)CC(C)=C1. The molecule has 2 aromatic rings. The van der Waals surface area contributed by atoms with Gasteiger partial charge in [-0.05, 0) is 43.9 Å². The first kappa shape index (κ1) is 18.5. The second kappa shape index (κ2) is 7.16. The molecule has 0 fully saturated rings. The number of benzene rings is 1. The Labute approximate surface area is 158 Å². The van der Waals surface area contributed by atoms with Crippen LogP contribution in [0.5, 0.6) is 6.08 Å². The van der Waals surface area contributed by atoms with Crippen molar-refractivity contribution in [2.45, 2.75) is 34.1 Å². The third kappa shape index (κ3) is 4.10. The number of hydrogen-bond donors (Lipinski definition) is 0. The molecule has 1 heterocycles. The summed E-state index contributed by atoms with van der Waals surface area (Å²) in [7, 11) is 0. The molecule has 26 heavy (non-hydrogen) atoms. The summed E-state index contributed by atoms with van der Waals surface area (Å²) in [6.07, 6.45) is 5.26. The lowest BCUT2D eigenvalue weighted by atomic mass is 9.81. The Hall–Kier alpha value is -2.27. The fraction of sp³-hybridized carbons (Fsp3) is 0.400. The van der Waals surface area contributed by atoms with Crippen LogP contribution < -0.4 is 4.74 Å². The minimum atomic E-state index is -0.140. The maximum atomic E-state index is 12.7. The number of oxazole rings is 1. The lowest BCUT2D eigenvalue weighted by Crippen LogP contribution is -2.35. The highest BCUT2D eigenvalue weighted by Gasteiger charge is 2.25. The average molecular weight is 375 g/mol. The highest BCUT2D eigenvalue weighted by atomic mass is 35.5. The predicted octanol–water partition coefficient (Wildman–Crippen LogP) is 4.97. The Morgan fingerprint density at radius 2 is 2.19 bits per heavy atom. The van der Waals surface area contributed by atoms with Gasteiger partial charge in [0.05, 0.1) is 0 Å². The third-order valence-electron chi connectivity index (χ3n) is 4.25. The van der Waals surface area contributed by atoms with Gasteiger partial charge in [0.1, 0.15) is 5.52 Å². The summed E-state index contributed by atoms with van der Waals surface area (Å²) >= 11 is 5.94. The van der Waals surface area contributed by atoms with Gasteiger partial charge in [-0.15, -0.1) is 0 Å². The molecule has 6 heteroatoms. The Morgan fingerprint density at radius 1 is 1.42 bits per heavy atom. The first-order chi connectivity index (χ1) is 12.3. The molecule has 0 saturated heterocycles. The van der Waals surface area contributed by atoms with E-state index in [0.717, 1.165) is 12.1 Å². The molecule has 0 aliphatic heterocycles. The molecule has 1 aliphatic rings. The van der Waals surface area contributed by atoms with Crippen LogP contribution in [0.2, 0.25) is 5.02 Å². The van der Waals surface area contributed by atoms with E-state index in [1.807, 2.05) is 6.92 Å². The van der Waals surface area contributed by atoms with Crippen LogP contribution in [-0.4, -0.2) is 28.9 Å². The Kier molecular flexibility index (Phi) is 5.10. The van der Waals surface area contributed by atoms with Gasteiger partial charge in [-0.1, -0.05) is 37.1 Å². The largest absolute Gasteiger partial charge is 0.440 e. The maximum Gasteiger partial charge on any atom is 0.395 e. The van der Waals surface area contributed by atoms with Gasteiger partial charge in [0.2, 0.25) is 0 Å². The molecule has 1 amide bonds. The molecule has 0 N–H and O–H groups in total. The molecule has 0 unspecified atom stereocenters. The summed E-state index contributed by atoms with van der Waals surface area (Å²) in [6.45, 7) is 8.80. The Bertz CT molecular complexity index is 896. The van der Waals surface area contributed by atoms with Crippen molar-refractivity contribution in [2.24, 2.45) is 5.41 Å². The van der Waals surface area contributed by atoms with Gasteiger partial charge in [-0.25, -0.2) is 0 Å². The normalized spacial score (nSPS) is 16.2. The van der Waals surface area contributed by atoms with Crippen LogP contribution in [0.4, 0.5) is 0 Å². The van der Waals surface area contributed by atoms with Crippen molar-refractivity contribution in [1.29, 1.82) is 0 Å². The van der Waals surface area contributed by atoms with Crippen molar-refractivity contribution >= 4 is 28.6 Å². The van der Waals surface area contributed by atoms with Crippen molar-refractivity contribution in [3.63, 3.8) is 0 Å². The standard InChI is InChI=1S/C20H23ClN2O3/c1-5-23(15-8-13(2)10-20(3,4)11-15)18(24)12-25-19-22-16-7-6-14(21)9-17(16)26-19/h6-9,11H,5,10,12H2,1-4H3. The minimum Gasteiger partial charge on any atom is -0.440 e. The van der Waals surface area contributed by atoms with Crippen molar-refractivity contribution in [1.82, 2.24) is 9.88 Å². The van der Waals surface area contributed by atoms with E-state index in [9.17, 15) is 4.79 Å². The minimum absolute atomic E-state index is 0.0300. The van der Waals surface area contributed by atoms with E-state index in [1.54, 1.807) is 23.1 Å². The summed E-state index contributed by atoms with van der Waals surface area (Å²) in [5.41, 5.74) is 3.37. The molecule has 5 nitrogen and oxygen atoms in total. The van der Waals surface area contributed by atoms with Crippen LogP contribution in [0.15, 0.2) is 46.0 Å². The predicted molar refractivity (Wildman–Crippen MR) is 102 cm³/mol. The number of carbonyl (C=O) groups excluding carboxylic acids is 1. The van der Waals surface area contributed by atoms with Gasteiger partial charge >= 0.3 is 6.08 Å². The number of fused-ring (bicyclic) bond motifs is 1. The van der Waals surface area contributed by atoms with Gasteiger partial charge in [0, 0.05) is 23.3 Å². The van der Waals surface area contributed by atoms with Gasteiger partial charge < -0.3 is 14.1 Å². The second-order valence-corrected chi connectivity index (χ2v) is 7.68. The molecule has 0 bridgehead atoms. The molecule has 1 aliphatic carbocycles. The molecular formula is C20H23ClN2O3. The fourth-order valence-corrected chi connectivity index (χ4v) is 3.48. The molecule has 3 rings (SSSR count). The number of aromatic nitrogens is 1. The molecule has 1 aromatic carbocycles. The van der Waals surface area contributed by atoms with Crippen LogP contribution in [0.3, 0.4) is 0 Å². The summed E-state index contributed by atoms with van der Waals surface area (Å²) in [5, 5.41) is 0.558. The van der Waals surface area contributed by atoms with Gasteiger partial charge in [0.15, 0.2) is 12.2 Å². The lowest BCUT2D eigenvalue weighted by molar-refractivity contribution is -0.131. The number of allylic oxidation sites excluding steroid dienone is 3. The summed E-state index contributed by atoms with van der Waals surface area (Å²) in [5.74, 6) is -0.138. The van der Waals surface area contributed by atoms with Crippen molar-refractivity contribution in [3.8, 4) is 6.08 Å². The van der Waals surface area contributed by atoms with Crippen LogP contribution >= 0.6 is 11.6 Å². The van der Waals surface area contributed by atoms with Crippen LogP contribution in [-0.2, 0) is 4.79 Å². The van der Waals surface area contributed by atoms with Gasteiger partial charge in [0.25, 0.3) is 5.91 Å². The first-order valence-electron chi connectivity index (χ1n) is 8.67. The van der Waals surface area contributed by atoms with Crippen LogP contribution in [0.1, 0.15) is 34.1 Å². The van der Waals surface area contributed by atoms with Crippen LogP contribution in [0, 0.1) is 5.41 Å². The molecule has 0 atom stereocenters. The third-order valence-corrected chi connectivity index (χ3v) is 4.48. The molecule has 138 valence electrons. The van der Waals surface area contributed by atoms with Gasteiger partial charge in [-0.2, -0.15) is 4.98 Å². The van der Waals surface area contributed by atoms with E-state index in [1.165, 1.54) is 5.57 Å². The number of carbonyl (C=O) groups is 1. The zero-order valence-electron chi connectivity index (χ0n) is 15.5. The van der Waals surface area contributed by atoms with E-state index in [2.05, 4.69) is 37.9 Å². The molecule has 0 spiro atoms. The topological polar surface area (TPSA) is 55.6 Å². The molecular weight excluding hydrogens is 352 g/mol. The number of halogens is 1. The van der Waals surface area contributed by atoms with Crippen molar-refractivity contribution in [3.05, 3.63) is 46.6 Å². The van der Waals surface area contributed by atoms with E-state index in [-0.39, 0.29) is 24.0 Å². The van der Waals surface area contributed by atoms with E-state index in [4.69, 9.17) is 20.8 Å². The fourth-order valence-electron chi connectivity index (χ4n) is 3.31. The molecule has 0 saturated carbocycles. The second-order valence-electron chi connectivity index (χ2n) is 7.24. The van der Waals surface area contributed by atoms with Crippen molar-refractivity contribution in [2.75, 3.05) is 13.2 Å². The monoisotopic (exact) mass is 374 g/mol. The van der Waals surface area contributed by atoms with Gasteiger partial charge in [-0.3, -0.25) is 4.79 Å². The highest BCUT2D eigenvalue weighted by Crippen LogP contribution is 2.34. The molecule has 0 radical (unpaired) electrons. The Balaban J connectivity index is 1.72. The average Bonchev–Trinajstić information content (AvgIpc) is 2.93. The van der Waals surface area contributed by atoms with Crippen LogP contribution in [0.25, 0.3) is 11.1 Å². The van der Waals surface area contributed by atoms with Crippen molar-refractivity contribution < 1.29 is 13.9 Å². The number of rotatable bonds is 5. The number of nitrogens with zero attached hydrogens (tertiary/aromatic N) is 2. The number of amides is 1. The zero-order chi connectivity index (χ0) is 18.9. The quantitative estimate of drug-likeness (QED) is 0.741. The van der Waals surface area contributed by atoms with E-state index in [0.29, 0.717) is 22.7 Å². The number of likely N-dealkylation sites (N-methyl/N-ethyl adjacent to an activating group) is 1. The lowest BCUT2D eigenvalue weighted by Gasteiger charge is -2.31. The zero-order valence-corrected chi connectivity index (χ0v) is 16.3. The summed E-state index contributed by atoms with van der Waals surface area (Å²) in [4.78, 5) is 18.6. The maximum absolute atomic E-state index is 12.7. The molecule has 1 aromatic heterocycles. The van der Waals surface area contributed by atoms with E-state index < -0.39 is 0 Å². The Morgan fingerprint density at radius 3 is 2.88 bits per heavy atom. The smallest absolute Gasteiger partial charge is 0.395 e. The highest BCUT2D eigenvalue weighted by molar-refractivity contribution is 6.31.